The Balaban J connectivity index is 1.56. The number of carbonyl (C=O) groups excluding carboxylic acids is 1. The second-order valence-corrected chi connectivity index (χ2v) is 8.02. The van der Waals surface area contributed by atoms with Gasteiger partial charge in [-0.1, -0.05) is 11.6 Å². The number of hydrogen-bond acceptors (Lipinski definition) is 6. The summed E-state index contributed by atoms with van der Waals surface area (Å²) in [7, 11) is 1.59. The van der Waals surface area contributed by atoms with E-state index in [2.05, 4.69) is 27.2 Å². The minimum absolute atomic E-state index is 0.116. The number of carbonyl (C=O) groups is 1. The van der Waals surface area contributed by atoms with Crippen molar-refractivity contribution in [1.29, 1.82) is 0 Å². The van der Waals surface area contributed by atoms with Gasteiger partial charge in [0.25, 0.3) is 0 Å². The van der Waals surface area contributed by atoms with Crippen molar-refractivity contribution in [3.05, 3.63) is 47.0 Å². The van der Waals surface area contributed by atoms with Gasteiger partial charge in [0.05, 0.1) is 51.3 Å². The minimum atomic E-state index is -0.116. The highest BCUT2D eigenvalue weighted by Crippen LogP contribution is 2.32. The lowest BCUT2D eigenvalue weighted by molar-refractivity contribution is -0.115. The summed E-state index contributed by atoms with van der Waals surface area (Å²) in [4.78, 5) is 17.5. The molecule has 1 amide bonds. The Labute approximate surface area is 187 Å². The minimum Gasteiger partial charge on any atom is -0.496 e. The van der Waals surface area contributed by atoms with Gasteiger partial charge in [-0.3, -0.25) is 4.79 Å². The van der Waals surface area contributed by atoms with Gasteiger partial charge in [0.15, 0.2) is 0 Å². The largest absolute Gasteiger partial charge is 0.496 e. The summed E-state index contributed by atoms with van der Waals surface area (Å²) in [6, 6.07) is 11.5. The van der Waals surface area contributed by atoms with Crippen molar-refractivity contribution in [2.24, 2.45) is 0 Å². The first-order valence-corrected chi connectivity index (χ1v) is 10.9. The number of ether oxygens (including phenoxy) is 3. The average Bonchev–Trinajstić information content (AvgIpc) is 2.80. The molecule has 0 radical (unpaired) electrons. The van der Waals surface area contributed by atoms with E-state index >= 15 is 0 Å². The maximum absolute atomic E-state index is 12.9. The first-order valence-electron chi connectivity index (χ1n) is 10.6. The molecule has 2 aliphatic heterocycles. The van der Waals surface area contributed by atoms with Crippen LogP contribution in [0.1, 0.15) is 5.56 Å². The van der Waals surface area contributed by atoms with Crippen LogP contribution in [-0.2, 0) is 20.7 Å². The van der Waals surface area contributed by atoms with Crippen LogP contribution in [0.2, 0.25) is 5.02 Å². The fourth-order valence-corrected chi connectivity index (χ4v) is 4.16. The highest BCUT2D eigenvalue weighted by molar-refractivity contribution is 6.30. The van der Waals surface area contributed by atoms with E-state index in [1.165, 1.54) is 0 Å². The van der Waals surface area contributed by atoms with Crippen molar-refractivity contribution in [3.8, 4) is 5.75 Å². The van der Waals surface area contributed by atoms with Crippen molar-refractivity contribution in [2.45, 2.75) is 6.42 Å². The van der Waals surface area contributed by atoms with E-state index in [9.17, 15) is 4.79 Å². The van der Waals surface area contributed by atoms with Gasteiger partial charge in [-0.15, -0.1) is 0 Å². The molecular formula is C23H28ClN3O4. The molecule has 2 fully saturated rings. The number of hydrogen-bond donors (Lipinski definition) is 1. The summed E-state index contributed by atoms with van der Waals surface area (Å²) in [6.07, 6.45) is 0.178. The van der Waals surface area contributed by atoms with E-state index in [0.717, 1.165) is 62.0 Å². The lowest BCUT2D eigenvalue weighted by atomic mass is 10.1. The smallest absolute Gasteiger partial charge is 0.228 e. The van der Waals surface area contributed by atoms with E-state index in [0.29, 0.717) is 24.0 Å². The molecule has 0 saturated carbocycles. The molecule has 7 nitrogen and oxygen atoms in total. The first-order chi connectivity index (χ1) is 15.1. The molecule has 166 valence electrons. The van der Waals surface area contributed by atoms with Crippen LogP contribution < -0.4 is 19.9 Å². The molecule has 2 aliphatic rings. The third kappa shape index (κ3) is 5.42. The zero-order valence-electron chi connectivity index (χ0n) is 17.7. The Morgan fingerprint density at radius 3 is 2.35 bits per heavy atom. The van der Waals surface area contributed by atoms with Gasteiger partial charge in [0.2, 0.25) is 5.91 Å². The summed E-state index contributed by atoms with van der Waals surface area (Å²) in [5.41, 5.74) is 3.70. The number of methoxy groups -OCH3 is 1. The maximum atomic E-state index is 12.9. The monoisotopic (exact) mass is 445 g/mol. The zero-order valence-corrected chi connectivity index (χ0v) is 18.5. The van der Waals surface area contributed by atoms with Crippen molar-refractivity contribution in [1.82, 2.24) is 0 Å². The number of amides is 1. The Bertz CT molecular complexity index is 912. The number of anilines is 3. The zero-order chi connectivity index (χ0) is 21.6. The molecule has 2 saturated heterocycles. The Morgan fingerprint density at radius 2 is 1.68 bits per heavy atom. The molecule has 0 unspecified atom stereocenters. The van der Waals surface area contributed by atoms with Crippen LogP contribution >= 0.6 is 11.6 Å². The predicted octanol–water partition coefficient (Wildman–Crippen LogP) is 3.20. The second kappa shape index (κ2) is 10.2. The summed E-state index contributed by atoms with van der Waals surface area (Å²) >= 11 is 6.12. The van der Waals surface area contributed by atoms with E-state index in [1.54, 1.807) is 25.3 Å². The SMILES string of the molecule is COc1ccc(Cl)cc1CC(=O)Nc1ccc(N2CCOCC2)cc1N1CCOCC1. The van der Waals surface area contributed by atoms with Crippen LogP contribution in [-0.4, -0.2) is 65.6 Å². The number of rotatable bonds is 6. The molecular weight excluding hydrogens is 418 g/mol. The third-order valence-electron chi connectivity index (χ3n) is 5.58. The van der Waals surface area contributed by atoms with Gasteiger partial charge in [-0.05, 0) is 36.4 Å². The van der Waals surface area contributed by atoms with Gasteiger partial charge < -0.3 is 29.3 Å². The summed E-state index contributed by atoms with van der Waals surface area (Å²) in [5, 5.41) is 3.67. The summed E-state index contributed by atoms with van der Waals surface area (Å²) in [6.45, 7) is 6.12. The van der Waals surface area contributed by atoms with Crippen LogP contribution in [0.15, 0.2) is 36.4 Å². The number of nitrogens with one attached hydrogen (secondary N) is 1. The van der Waals surface area contributed by atoms with Gasteiger partial charge in [-0.25, -0.2) is 0 Å². The van der Waals surface area contributed by atoms with Crippen molar-refractivity contribution in [2.75, 3.05) is 74.8 Å². The van der Waals surface area contributed by atoms with Crippen LogP contribution in [0.3, 0.4) is 0 Å². The average molecular weight is 446 g/mol. The molecule has 4 rings (SSSR count). The fraction of sp³-hybridized carbons (Fsp3) is 0.435. The lowest BCUT2D eigenvalue weighted by Gasteiger charge is -2.33. The first kappa shape index (κ1) is 21.7. The van der Waals surface area contributed by atoms with Gasteiger partial charge in [0.1, 0.15) is 5.75 Å². The number of morpholine rings is 2. The number of halogens is 1. The lowest BCUT2D eigenvalue weighted by Crippen LogP contribution is -2.38. The van der Waals surface area contributed by atoms with Crippen LogP contribution in [0.4, 0.5) is 17.1 Å². The third-order valence-corrected chi connectivity index (χ3v) is 5.81. The van der Waals surface area contributed by atoms with Crippen molar-refractivity contribution < 1.29 is 19.0 Å². The molecule has 2 aromatic rings. The topological polar surface area (TPSA) is 63.3 Å². The summed E-state index contributed by atoms with van der Waals surface area (Å²) < 4.78 is 16.4. The number of benzene rings is 2. The van der Waals surface area contributed by atoms with E-state index < -0.39 is 0 Å². The van der Waals surface area contributed by atoms with Crippen LogP contribution in [0, 0.1) is 0 Å². The molecule has 2 aromatic carbocycles. The quantitative estimate of drug-likeness (QED) is 0.736. The molecule has 2 heterocycles. The molecule has 1 N–H and O–H groups in total. The van der Waals surface area contributed by atoms with E-state index in [-0.39, 0.29) is 12.3 Å². The Morgan fingerprint density at radius 1 is 1.00 bits per heavy atom. The molecule has 0 bridgehead atoms. The van der Waals surface area contributed by atoms with Gasteiger partial charge in [-0.2, -0.15) is 0 Å². The highest BCUT2D eigenvalue weighted by atomic mass is 35.5. The molecule has 8 heteroatoms. The molecule has 31 heavy (non-hydrogen) atoms. The Kier molecular flexibility index (Phi) is 7.17. The maximum Gasteiger partial charge on any atom is 0.228 e. The normalized spacial score (nSPS) is 16.8. The number of nitrogens with zero attached hydrogens (tertiary/aromatic N) is 2. The molecule has 0 aliphatic carbocycles. The van der Waals surface area contributed by atoms with E-state index in [4.69, 9.17) is 25.8 Å². The standard InChI is InChI=1S/C23H28ClN3O4/c1-29-22-5-2-18(24)14-17(22)15-23(28)25-20-4-3-19(26-6-10-30-11-7-26)16-21(20)27-8-12-31-13-9-27/h2-5,14,16H,6-13,15H2,1H3,(H,25,28). The van der Waals surface area contributed by atoms with Crippen LogP contribution in [0.25, 0.3) is 0 Å². The molecule has 0 atom stereocenters. The summed E-state index contributed by atoms with van der Waals surface area (Å²) in [5.74, 6) is 0.532. The van der Waals surface area contributed by atoms with Gasteiger partial charge >= 0.3 is 0 Å². The highest BCUT2D eigenvalue weighted by Gasteiger charge is 2.20. The molecule has 0 aromatic heterocycles. The Hall–Kier alpha value is -2.48. The fourth-order valence-electron chi connectivity index (χ4n) is 3.96. The predicted molar refractivity (Wildman–Crippen MR) is 123 cm³/mol. The second-order valence-electron chi connectivity index (χ2n) is 7.58. The molecule has 0 spiro atoms. The van der Waals surface area contributed by atoms with Crippen molar-refractivity contribution >= 4 is 34.6 Å². The van der Waals surface area contributed by atoms with Crippen molar-refractivity contribution in [3.63, 3.8) is 0 Å². The van der Waals surface area contributed by atoms with E-state index in [1.807, 2.05) is 6.07 Å². The van der Waals surface area contributed by atoms with Gasteiger partial charge in [0, 0.05) is 42.5 Å². The van der Waals surface area contributed by atoms with Crippen LogP contribution in [0.5, 0.6) is 5.75 Å².